The van der Waals surface area contributed by atoms with Crippen LogP contribution in [0.2, 0.25) is 0 Å². The molecule has 0 heterocycles. The maximum absolute atomic E-state index is 12.4. The van der Waals surface area contributed by atoms with Gasteiger partial charge in [-0.2, -0.15) is 0 Å². The Kier molecular flexibility index (Phi) is 7.03. The molecule has 0 aliphatic carbocycles. The van der Waals surface area contributed by atoms with E-state index in [0.717, 1.165) is 10.0 Å². The first kappa shape index (κ1) is 20.6. The van der Waals surface area contributed by atoms with Crippen molar-refractivity contribution in [2.45, 2.75) is 13.0 Å². The van der Waals surface area contributed by atoms with E-state index < -0.39 is 0 Å². The summed E-state index contributed by atoms with van der Waals surface area (Å²) in [5.74, 6) is 0.170. The van der Waals surface area contributed by atoms with Gasteiger partial charge in [0, 0.05) is 15.7 Å². The average Bonchev–Trinajstić information content (AvgIpc) is 2.74. The molecule has 0 spiro atoms. The van der Waals surface area contributed by atoms with Crippen LogP contribution in [-0.4, -0.2) is 18.4 Å². The molecular formula is C23H21BrN2O3. The van der Waals surface area contributed by atoms with Gasteiger partial charge in [-0.15, -0.1) is 0 Å². The molecule has 0 fully saturated rings. The molecule has 0 radical (unpaired) electrons. The lowest BCUT2D eigenvalue weighted by Crippen LogP contribution is -2.26. The third kappa shape index (κ3) is 6.19. The van der Waals surface area contributed by atoms with Crippen LogP contribution in [0.5, 0.6) is 5.75 Å². The lowest BCUT2D eigenvalue weighted by atomic mass is 10.1. The van der Waals surface area contributed by atoms with Crippen LogP contribution < -0.4 is 15.4 Å². The van der Waals surface area contributed by atoms with Crippen molar-refractivity contribution in [1.29, 1.82) is 0 Å². The Morgan fingerprint density at radius 3 is 2.24 bits per heavy atom. The van der Waals surface area contributed by atoms with Crippen LogP contribution in [0.1, 0.15) is 28.9 Å². The Bertz CT molecular complexity index is 958. The highest BCUT2D eigenvalue weighted by Crippen LogP contribution is 2.17. The number of carbonyl (C=O) groups is 2. The quantitative estimate of drug-likeness (QED) is 0.532. The number of ether oxygens (including phenoxy) is 1. The third-order valence-electron chi connectivity index (χ3n) is 4.26. The number of benzene rings is 3. The van der Waals surface area contributed by atoms with Crippen molar-refractivity contribution in [2.24, 2.45) is 0 Å². The van der Waals surface area contributed by atoms with Gasteiger partial charge in [0.15, 0.2) is 6.61 Å². The van der Waals surface area contributed by atoms with Crippen LogP contribution in [0, 0.1) is 0 Å². The van der Waals surface area contributed by atoms with E-state index in [0.29, 0.717) is 17.0 Å². The second kappa shape index (κ2) is 9.89. The minimum atomic E-state index is -0.275. The van der Waals surface area contributed by atoms with E-state index in [9.17, 15) is 9.59 Å². The fourth-order valence-corrected chi connectivity index (χ4v) is 2.95. The standard InChI is InChI=1S/C23H21BrN2O3/c1-16(17-5-3-2-4-6-17)25-23(28)18-7-11-20(12-8-18)26-22(27)15-29-21-13-9-19(24)10-14-21/h2-14,16H,15H2,1H3,(H,25,28)(H,26,27). The SMILES string of the molecule is CC(NC(=O)c1ccc(NC(=O)COc2ccc(Br)cc2)cc1)c1ccccc1. The van der Waals surface area contributed by atoms with Crippen LogP contribution in [0.3, 0.4) is 0 Å². The Morgan fingerprint density at radius 2 is 1.59 bits per heavy atom. The molecule has 148 valence electrons. The molecule has 2 amide bonds. The molecule has 5 nitrogen and oxygen atoms in total. The van der Waals surface area contributed by atoms with E-state index in [1.807, 2.05) is 49.4 Å². The second-order valence-electron chi connectivity index (χ2n) is 6.47. The number of hydrogen-bond acceptors (Lipinski definition) is 3. The van der Waals surface area contributed by atoms with E-state index >= 15 is 0 Å². The minimum Gasteiger partial charge on any atom is -0.484 e. The van der Waals surface area contributed by atoms with Gasteiger partial charge < -0.3 is 15.4 Å². The van der Waals surface area contributed by atoms with Crippen molar-refractivity contribution in [3.05, 3.63) is 94.5 Å². The molecule has 0 aliphatic rings. The highest BCUT2D eigenvalue weighted by molar-refractivity contribution is 9.10. The first-order chi connectivity index (χ1) is 14.0. The van der Waals surface area contributed by atoms with Crippen LogP contribution in [0.4, 0.5) is 5.69 Å². The summed E-state index contributed by atoms with van der Waals surface area (Å²) >= 11 is 3.35. The molecule has 3 rings (SSSR count). The molecule has 0 aliphatic heterocycles. The summed E-state index contributed by atoms with van der Waals surface area (Å²) in [6, 6.07) is 23.7. The van der Waals surface area contributed by atoms with E-state index in [-0.39, 0.29) is 24.5 Å². The van der Waals surface area contributed by atoms with Gasteiger partial charge in [0.1, 0.15) is 5.75 Å². The number of halogens is 1. The second-order valence-corrected chi connectivity index (χ2v) is 7.39. The molecule has 1 unspecified atom stereocenters. The van der Waals surface area contributed by atoms with Gasteiger partial charge in [0.2, 0.25) is 0 Å². The van der Waals surface area contributed by atoms with Gasteiger partial charge in [-0.3, -0.25) is 9.59 Å². The van der Waals surface area contributed by atoms with Crippen molar-refractivity contribution >= 4 is 33.4 Å². The molecule has 3 aromatic carbocycles. The zero-order chi connectivity index (χ0) is 20.6. The summed E-state index contributed by atoms with van der Waals surface area (Å²) < 4.78 is 6.39. The number of rotatable bonds is 7. The molecule has 0 bridgehead atoms. The van der Waals surface area contributed by atoms with Crippen molar-refractivity contribution in [1.82, 2.24) is 5.32 Å². The highest BCUT2D eigenvalue weighted by atomic mass is 79.9. The van der Waals surface area contributed by atoms with Crippen LogP contribution >= 0.6 is 15.9 Å². The first-order valence-corrected chi connectivity index (χ1v) is 9.94. The number of nitrogens with one attached hydrogen (secondary N) is 2. The van der Waals surface area contributed by atoms with E-state index in [2.05, 4.69) is 26.6 Å². The summed E-state index contributed by atoms with van der Waals surface area (Å²) in [5, 5.41) is 5.72. The fourth-order valence-electron chi connectivity index (χ4n) is 2.69. The minimum absolute atomic E-state index is 0.0983. The predicted octanol–water partition coefficient (Wildman–Crippen LogP) is 4.96. The van der Waals surface area contributed by atoms with Crippen LogP contribution in [-0.2, 0) is 4.79 Å². The number of carbonyl (C=O) groups excluding carboxylic acids is 2. The molecule has 3 aromatic rings. The molecule has 0 aromatic heterocycles. The molecule has 6 heteroatoms. The van der Waals surface area contributed by atoms with Crippen LogP contribution in [0.25, 0.3) is 0 Å². The Hall–Kier alpha value is -3.12. The molecule has 2 N–H and O–H groups in total. The number of anilines is 1. The van der Waals surface area contributed by atoms with Gasteiger partial charge >= 0.3 is 0 Å². The number of hydrogen-bond donors (Lipinski definition) is 2. The average molecular weight is 453 g/mol. The highest BCUT2D eigenvalue weighted by Gasteiger charge is 2.11. The molecular weight excluding hydrogens is 432 g/mol. The summed E-state index contributed by atoms with van der Waals surface area (Å²) in [7, 11) is 0. The van der Waals surface area contributed by atoms with E-state index in [1.54, 1.807) is 36.4 Å². The monoisotopic (exact) mass is 452 g/mol. The molecule has 1 atom stereocenters. The van der Waals surface area contributed by atoms with Crippen molar-refractivity contribution in [3.63, 3.8) is 0 Å². The van der Waals surface area contributed by atoms with Gasteiger partial charge in [-0.1, -0.05) is 46.3 Å². The van der Waals surface area contributed by atoms with Crippen molar-refractivity contribution in [3.8, 4) is 5.75 Å². The number of amides is 2. The Morgan fingerprint density at radius 1 is 0.931 bits per heavy atom. The zero-order valence-electron chi connectivity index (χ0n) is 15.9. The molecule has 29 heavy (non-hydrogen) atoms. The third-order valence-corrected chi connectivity index (χ3v) is 4.79. The maximum atomic E-state index is 12.4. The van der Waals surface area contributed by atoms with Crippen molar-refractivity contribution < 1.29 is 14.3 Å². The molecule has 0 saturated heterocycles. The van der Waals surface area contributed by atoms with Gasteiger partial charge in [0.25, 0.3) is 11.8 Å². The summed E-state index contributed by atoms with van der Waals surface area (Å²) in [4.78, 5) is 24.5. The van der Waals surface area contributed by atoms with E-state index in [4.69, 9.17) is 4.74 Å². The maximum Gasteiger partial charge on any atom is 0.262 e. The summed E-state index contributed by atoms with van der Waals surface area (Å²) in [5.41, 5.74) is 2.16. The van der Waals surface area contributed by atoms with Crippen LogP contribution in [0.15, 0.2) is 83.3 Å². The Balaban J connectivity index is 1.50. The van der Waals surface area contributed by atoms with Gasteiger partial charge in [-0.25, -0.2) is 0 Å². The van der Waals surface area contributed by atoms with Gasteiger partial charge in [-0.05, 0) is 61.0 Å². The smallest absolute Gasteiger partial charge is 0.262 e. The summed E-state index contributed by atoms with van der Waals surface area (Å²) in [6.45, 7) is 1.84. The lowest BCUT2D eigenvalue weighted by molar-refractivity contribution is -0.118. The normalized spacial score (nSPS) is 11.4. The molecule has 0 saturated carbocycles. The van der Waals surface area contributed by atoms with Gasteiger partial charge in [0.05, 0.1) is 6.04 Å². The predicted molar refractivity (Wildman–Crippen MR) is 117 cm³/mol. The Labute approximate surface area is 178 Å². The topological polar surface area (TPSA) is 67.4 Å². The lowest BCUT2D eigenvalue weighted by Gasteiger charge is -2.14. The van der Waals surface area contributed by atoms with E-state index in [1.165, 1.54) is 0 Å². The zero-order valence-corrected chi connectivity index (χ0v) is 17.5. The fraction of sp³-hybridized carbons (Fsp3) is 0.130. The van der Waals surface area contributed by atoms with Crippen molar-refractivity contribution in [2.75, 3.05) is 11.9 Å². The first-order valence-electron chi connectivity index (χ1n) is 9.15. The largest absolute Gasteiger partial charge is 0.484 e. The summed E-state index contributed by atoms with van der Waals surface area (Å²) in [6.07, 6.45) is 0.